The van der Waals surface area contributed by atoms with E-state index in [1.165, 1.54) is 13.0 Å². The lowest BCUT2D eigenvalue weighted by Crippen LogP contribution is -2.50. The molecule has 0 bridgehead atoms. The Kier molecular flexibility index (Phi) is 8.87. The number of methoxy groups -OCH3 is 1. The summed E-state index contributed by atoms with van der Waals surface area (Å²) in [5.74, 6) is -1.24. The monoisotopic (exact) mass is 401 g/mol. The number of carbonyl (C=O) groups excluding carboxylic acids is 3. The van der Waals surface area contributed by atoms with Crippen LogP contribution in [0.2, 0.25) is 0 Å². The van der Waals surface area contributed by atoms with Crippen LogP contribution in [0.15, 0.2) is 30.3 Å². The van der Waals surface area contributed by atoms with E-state index in [0.29, 0.717) is 5.75 Å². The molecule has 2 unspecified atom stereocenters. The molecule has 2 amide bonds. The maximum Gasteiger partial charge on any atom is 0.328 e. The maximum atomic E-state index is 12.0. The predicted molar refractivity (Wildman–Crippen MR) is 108 cm³/mol. The molecule has 2 atom stereocenters. The number of nitrogens with zero attached hydrogens (tertiary/aromatic N) is 1. The Bertz CT molecular complexity index is 796. The van der Waals surface area contributed by atoms with Crippen LogP contribution in [0.25, 0.3) is 6.08 Å². The van der Waals surface area contributed by atoms with Crippen molar-refractivity contribution in [2.75, 3.05) is 13.7 Å². The molecular weight excluding hydrogens is 374 g/mol. The van der Waals surface area contributed by atoms with Gasteiger partial charge < -0.3 is 20.1 Å². The number of rotatable bonds is 9. The molecule has 1 rings (SSSR count). The number of nitrogens with one attached hydrogen (secondary N) is 2. The second kappa shape index (κ2) is 10.9. The van der Waals surface area contributed by atoms with Gasteiger partial charge in [-0.05, 0) is 43.5 Å². The number of hydrogen-bond donors (Lipinski definition) is 2. The number of esters is 1. The van der Waals surface area contributed by atoms with Crippen LogP contribution in [0.4, 0.5) is 0 Å². The van der Waals surface area contributed by atoms with Crippen molar-refractivity contribution in [3.63, 3.8) is 0 Å². The van der Waals surface area contributed by atoms with Gasteiger partial charge in [0.05, 0.1) is 13.2 Å². The van der Waals surface area contributed by atoms with Crippen molar-refractivity contribution in [3.05, 3.63) is 35.9 Å². The smallest absolute Gasteiger partial charge is 0.328 e. The van der Waals surface area contributed by atoms with Gasteiger partial charge in [0.15, 0.2) is 6.61 Å². The summed E-state index contributed by atoms with van der Waals surface area (Å²) in [6.45, 7) is 6.10. The molecule has 0 heterocycles. The molecule has 0 fully saturated rings. The van der Waals surface area contributed by atoms with Gasteiger partial charge >= 0.3 is 5.97 Å². The summed E-state index contributed by atoms with van der Waals surface area (Å²) < 4.78 is 9.97. The molecule has 0 saturated heterocycles. The summed E-state index contributed by atoms with van der Waals surface area (Å²) in [5.41, 5.74) is -0.270. The topological polar surface area (TPSA) is 118 Å². The standard InChI is InChI=1S/C21H27N3O5/c1-14(2)21(4,13-22)24-19(26)12-29-20(27)15(3)23-18(25)11-8-16-6-9-17(28-5)10-7-16/h6-11,14-15H,12H2,1-5H3,(H,23,25)(H,24,26)/b11-8+. The van der Waals surface area contributed by atoms with E-state index in [2.05, 4.69) is 10.6 Å². The first kappa shape index (κ1) is 23.7. The Hall–Kier alpha value is -3.34. The molecule has 0 aromatic heterocycles. The molecule has 8 heteroatoms. The average Bonchev–Trinajstić information content (AvgIpc) is 2.70. The number of benzene rings is 1. The molecule has 1 aromatic carbocycles. The molecule has 0 saturated carbocycles. The second-order valence-electron chi connectivity index (χ2n) is 6.96. The van der Waals surface area contributed by atoms with Gasteiger partial charge in [-0.3, -0.25) is 9.59 Å². The molecule has 2 N–H and O–H groups in total. The first-order chi connectivity index (χ1) is 13.6. The Labute approximate surface area is 170 Å². The molecule has 29 heavy (non-hydrogen) atoms. The van der Waals surface area contributed by atoms with Gasteiger partial charge in [-0.2, -0.15) is 5.26 Å². The Balaban J connectivity index is 2.48. The fourth-order valence-electron chi connectivity index (χ4n) is 2.10. The summed E-state index contributed by atoms with van der Waals surface area (Å²) in [4.78, 5) is 35.9. The number of amides is 2. The third kappa shape index (κ3) is 7.66. The van der Waals surface area contributed by atoms with E-state index in [4.69, 9.17) is 9.47 Å². The lowest BCUT2D eigenvalue weighted by atomic mass is 9.90. The van der Waals surface area contributed by atoms with Crippen LogP contribution in [0.3, 0.4) is 0 Å². The number of carbonyl (C=O) groups is 3. The Morgan fingerprint density at radius 1 is 1.21 bits per heavy atom. The van der Waals surface area contributed by atoms with Gasteiger partial charge in [-0.25, -0.2) is 4.79 Å². The van der Waals surface area contributed by atoms with Gasteiger partial charge in [-0.15, -0.1) is 0 Å². The largest absolute Gasteiger partial charge is 0.497 e. The zero-order valence-electron chi connectivity index (χ0n) is 17.3. The predicted octanol–water partition coefficient (Wildman–Crippen LogP) is 1.81. The van der Waals surface area contributed by atoms with Crippen LogP contribution < -0.4 is 15.4 Å². The fourth-order valence-corrected chi connectivity index (χ4v) is 2.10. The van der Waals surface area contributed by atoms with Crippen molar-refractivity contribution in [1.29, 1.82) is 5.26 Å². The SMILES string of the molecule is COc1ccc(/C=C/C(=O)NC(C)C(=O)OCC(=O)NC(C)(C#N)C(C)C)cc1. The van der Waals surface area contributed by atoms with E-state index in [1.807, 2.05) is 6.07 Å². The third-order valence-corrected chi connectivity index (χ3v) is 4.39. The summed E-state index contributed by atoms with van der Waals surface area (Å²) in [7, 11) is 1.56. The minimum absolute atomic E-state index is 0.122. The second-order valence-corrected chi connectivity index (χ2v) is 6.96. The van der Waals surface area contributed by atoms with Crippen molar-refractivity contribution >= 4 is 23.9 Å². The molecule has 0 aliphatic rings. The molecule has 0 radical (unpaired) electrons. The van der Waals surface area contributed by atoms with E-state index in [1.54, 1.807) is 58.2 Å². The highest BCUT2D eigenvalue weighted by Crippen LogP contribution is 2.15. The van der Waals surface area contributed by atoms with Crippen LogP contribution in [-0.2, 0) is 19.1 Å². The summed E-state index contributed by atoms with van der Waals surface area (Å²) in [5, 5.41) is 14.2. The number of nitriles is 1. The number of hydrogen-bond acceptors (Lipinski definition) is 6. The zero-order valence-corrected chi connectivity index (χ0v) is 17.3. The molecule has 0 aliphatic heterocycles. The van der Waals surface area contributed by atoms with Gasteiger partial charge in [0, 0.05) is 6.08 Å². The first-order valence-electron chi connectivity index (χ1n) is 9.12. The Morgan fingerprint density at radius 2 is 1.83 bits per heavy atom. The quantitative estimate of drug-likeness (QED) is 0.481. The van der Waals surface area contributed by atoms with Crippen molar-refractivity contribution in [2.24, 2.45) is 5.92 Å². The molecule has 8 nitrogen and oxygen atoms in total. The van der Waals surface area contributed by atoms with Gasteiger partial charge in [0.1, 0.15) is 17.3 Å². The summed E-state index contributed by atoms with van der Waals surface area (Å²) in [6, 6.07) is 8.19. The van der Waals surface area contributed by atoms with E-state index in [-0.39, 0.29) is 5.92 Å². The van der Waals surface area contributed by atoms with E-state index in [9.17, 15) is 19.6 Å². The molecule has 0 aliphatic carbocycles. The Morgan fingerprint density at radius 3 is 2.34 bits per heavy atom. The van der Waals surface area contributed by atoms with E-state index in [0.717, 1.165) is 5.56 Å². The van der Waals surface area contributed by atoms with Crippen LogP contribution in [0.1, 0.15) is 33.3 Å². The van der Waals surface area contributed by atoms with Gasteiger partial charge in [-0.1, -0.05) is 26.0 Å². The third-order valence-electron chi connectivity index (χ3n) is 4.39. The number of ether oxygens (including phenoxy) is 2. The van der Waals surface area contributed by atoms with Crippen molar-refractivity contribution < 1.29 is 23.9 Å². The molecule has 0 spiro atoms. The highest BCUT2D eigenvalue weighted by Gasteiger charge is 2.30. The van der Waals surface area contributed by atoms with Crippen LogP contribution >= 0.6 is 0 Å². The highest BCUT2D eigenvalue weighted by molar-refractivity contribution is 5.94. The normalized spacial score (nSPS) is 13.8. The maximum absolute atomic E-state index is 12.0. The molecular formula is C21H27N3O5. The first-order valence-corrected chi connectivity index (χ1v) is 9.12. The van der Waals surface area contributed by atoms with Crippen LogP contribution in [0, 0.1) is 17.2 Å². The summed E-state index contributed by atoms with van der Waals surface area (Å²) in [6.07, 6.45) is 2.88. The van der Waals surface area contributed by atoms with Crippen molar-refractivity contribution in [1.82, 2.24) is 10.6 Å². The summed E-state index contributed by atoms with van der Waals surface area (Å²) >= 11 is 0. The lowest BCUT2D eigenvalue weighted by molar-refractivity contribution is -0.151. The highest BCUT2D eigenvalue weighted by atomic mass is 16.5. The van der Waals surface area contributed by atoms with Crippen molar-refractivity contribution in [2.45, 2.75) is 39.3 Å². The van der Waals surface area contributed by atoms with Gasteiger partial charge in [0.25, 0.3) is 5.91 Å². The van der Waals surface area contributed by atoms with Crippen LogP contribution in [-0.4, -0.2) is 43.1 Å². The fraction of sp³-hybridized carbons (Fsp3) is 0.429. The van der Waals surface area contributed by atoms with E-state index >= 15 is 0 Å². The zero-order chi connectivity index (χ0) is 22.0. The van der Waals surface area contributed by atoms with Gasteiger partial charge in [0.2, 0.25) is 5.91 Å². The minimum atomic E-state index is -1.06. The molecule has 1 aromatic rings. The van der Waals surface area contributed by atoms with E-state index < -0.39 is 36.0 Å². The molecule has 156 valence electrons. The minimum Gasteiger partial charge on any atom is -0.497 e. The average molecular weight is 401 g/mol. The van der Waals surface area contributed by atoms with Crippen LogP contribution in [0.5, 0.6) is 5.75 Å². The van der Waals surface area contributed by atoms with Crippen molar-refractivity contribution in [3.8, 4) is 11.8 Å². The lowest BCUT2D eigenvalue weighted by Gasteiger charge is -2.27.